The number of fused-ring (bicyclic) bond motifs is 1. The zero-order chi connectivity index (χ0) is 22.7. The second-order valence-electron chi connectivity index (χ2n) is 7.30. The summed E-state index contributed by atoms with van der Waals surface area (Å²) < 4.78 is 35.7. The number of hydrogen-bond acceptors (Lipinski definition) is 7. The number of oxazole rings is 1. The predicted molar refractivity (Wildman–Crippen MR) is 116 cm³/mol. The maximum Gasteiger partial charge on any atom is 0.297 e. The number of rotatable bonds is 9. The zero-order valence-corrected chi connectivity index (χ0v) is 20.9. The molecular weight excluding hydrogens is 695 g/mol. The van der Waals surface area contributed by atoms with E-state index in [0.29, 0.717) is 54.1 Å². The number of hydrogen-bond donors (Lipinski definition) is 2. The molecule has 180 valence electrons. The third-order valence-electron chi connectivity index (χ3n) is 4.95. The van der Waals surface area contributed by atoms with Crippen LogP contribution < -0.4 is 15.5 Å². The van der Waals surface area contributed by atoms with Crippen LogP contribution in [0.15, 0.2) is 40.8 Å². The monoisotopic (exact) mass is 713 g/mol. The molecule has 1 aliphatic rings. The SMILES string of the molecule is CC(OC1CN(c2ccc(C(=O)NCCNc3nc4nc(Cl)ccc4o3)cc2)C1)[C-](F)F.[Cf]. The number of ether oxygens (including phenoxy) is 1. The first-order valence-corrected chi connectivity index (χ1v) is 10.4. The number of carbonyl (C=O) groups is 1. The maximum absolute atomic E-state index is 12.5. The van der Waals surface area contributed by atoms with Crippen molar-refractivity contribution in [2.45, 2.75) is 19.1 Å². The van der Waals surface area contributed by atoms with E-state index in [2.05, 4.69) is 20.6 Å². The van der Waals surface area contributed by atoms with Gasteiger partial charge < -0.3 is 33.5 Å². The van der Waals surface area contributed by atoms with E-state index in [-0.39, 0.29) is 12.0 Å². The molecule has 0 spiro atoms. The van der Waals surface area contributed by atoms with Crippen molar-refractivity contribution < 1.29 is 22.7 Å². The first-order chi connectivity index (χ1) is 15.4. The fraction of sp³-hybridized carbons (Fsp3) is 0.333. The van der Waals surface area contributed by atoms with Gasteiger partial charge in [0.15, 0.2) is 5.58 Å². The van der Waals surface area contributed by atoms with Crippen molar-refractivity contribution in [3.05, 3.63) is 53.5 Å². The minimum absolute atomic E-state index is 0. The Hall–Kier alpha value is -3.98. The minimum Gasteiger partial charge on any atom is -0.422 e. The van der Waals surface area contributed by atoms with Crippen LogP contribution >= 0.6 is 11.6 Å². The molecule has 1 aliphatic heterocycles. The smallest absolute Gasteiger partial charge is 0.297 e. The molecule has 1 atom stereocenters. The molecule has 1 unspecified atom stereocenters. The minimum atomic E-state index is -1.72. The number of nitrogens with zero attached hydrogens (tertiary/aromatic N) is 3. The Morgan fingerprint density at radius 1 is 1.24 bits per heavy atom. The third-order valence-corrected chi connectivity index (χ3v) is 5.16. The predicted octanol–water partition coefficient (Wildman–Crippen LogP) is 3.74. The van der Waals surface area contributed by atoms with Gasteiger partial charge in [0.25, 0.3) is 11.9 Å². The molecule has 2 N–H and O–H groups in total. The van der Waals surface area contributed by atoms with Gasteiger partial charge >= 0.3 is 0 Å². The standard InChI is InChI=1S/C21H21ClF2N5O3.Cf/c1-12(18(23)24)31-15-10-29(11-15)14-4-2-13(3-5-14)20(30)25-8-9-26-21-28-19-16(32-21)6-7-17(22)27-19;/h2-7,12,15H,8-11H2,1H3,(H,25,30)(H,26,27,28);/q-1;. The fourth-order valence-corrected chi connectivity index (χ4v) is 3.36. The first-order valence-electron chi connectivity index (χ1n) is 10.0. The van der Waals surface area contributed by atoms with E-state index in [4.69, 9.17) is 20.8 Å². The number of nitrogens with one attached hydrogen (secondary N) is 2. The Morgan fingerprint density at radius 2 is 1.97 bits per heavy atom. The normalized spacial score (nSPS) is 14.6. The van der Waals surface area contributed by atoms with Crippen LogP contribution in [0.2, 0.25) is 5.15 Å². The van der Waals surface area contributed by atoms with Crippen LogP contribution in [0.25, 0.3) is 11.2 Å². The van der Waals surface area contributed by atoms with E-state index in [1.807, 2.05) is 17.0 Å². The summed E-state index contributed by atoms with van der Waals surface area (Å²) in [5, 5.41) is 6.13. The van der Waals surface area contributed by atoms with Crippen molar-refractivity contribution in [2.24, 2.45) is 0 Å². The quantitative estimate of drug-likeness (QED) is 0.198. The van der Waals surface area contributed by atoms with Crippen LogP contribution in [-0.4, -0.2) is 54.3 Å². The average molecular weight is 716 g/mol. The second kappa shape index (κ2) is 10.1. The van der Waals surface area contributed by atoms with Crippen molar-refractivity contribution in [1.82, 2.24) is 15.3 Å². The van der Waals surface area contributed by atoms with Gasteiger partial charge in [-0.25, -0.2) is 4.98 Å². The number of benzene rings is 1. The van der Waals surface area contributed by atoms with Gasteiger partial charge in [-0.3, -0.25) is 4.79 Å². The van der Waals surface area contributed by atoms with Gasteiger partial charge in [-0.05, 0) is 42.5 Å². The fourth-order valence-electron chi connectivity index (χ4n) is 3.22. The zero-order valence-electron chi connectivity index (χ0n) is 17.5. The molecule has 1 amide bonds. The largest absolute Gasteiger partial charge is 0.422 e. The summed E-state index contributed by atoms with van der Waals surface area (Å²) in [6, 6.07) is 10.7. The summed E-state index contributed by atoms with van der Waals surface area (Å²) in [4.78, 5) is 22.6. The van der Waals surface area contributed by atoms with Crippen LogP contribution in [0.3, 0.4) is 0 Å². The van der Waals surface area contributed by atoms with E-state index in [1.165, 1.54) is 6.92 Å². The maximum atomic E-state index is 12.5. The second-order valence-corrected chi connectivity index (χ2v) is 7.69. The van der Waals surface area contributed by atoms with Crippen molar-refractivity contribution in [2.75, 3.05) is 36.4 Å². The molecule has 12 heteroatoms. The molecule has 0 saturated carbocycles. The molecule has 4 rings (SSSR count). The van der Waals surface area contributed by atoms with Crippen molar-refractivity contribution >= 4 is 40.4 Å². The molecule has 3 heterocycles. The van der Waals surface area contributed by atoms with Crippen LogP contribution in [0.4, 0.5) is 20.5 Å². The topological polar surface area (TPSA) is 92.5 Å². The molecule has 0 bridgehead atoms. The number of anilines is 2. The number of amides is 1. The molecule has 1 fully saturated rings. The van der Waals surface area contributed by atoms with Gasteiger partial charge in [0, 0.05) is 43.9 Å². The van der Waals surface area contributed by atoms with E-state index < -0.39 is 12.5 Å². The Morgan fingerprint density at radius 3 is 2.67 bits per heavy atom. The Kier molecular flexibility index (Phi) is 7.24. The Balaban J connectivity index is 0.00000306. The molecule has 33 heavy (non-hydrogen) atoms. The van der Waals surface area contributed by atoms with E-state index >= 15 is 0 Å². The first kappa shape index (κ1) is 23.7. The molecule has 8 nitrogen and oxygen atoms in total. The summed E-state index contributed by atoms with van der Waals surface area (Å²) in [5.41, 5.74) is 2.35. The third kappa shape index (κ3) is 5.64. The van der Waals surface area contributed by atoms with Crippen LogP contribution in [-0.2, 0) is 4.74 Å². The van der Waals surface area contributed by atoms with Crippen LogP contribution in [0.5, 0.6) is 0 Å². The van der Waals surface area contributed by atoms with Gasteiger partial charge in [-0.15, -0.1) is 0 Å². The van der Waals surface area contributed by atoms with Gasteiger partial charge in [-0.1, -0.05) is 18.5 Å². The van der Waals surface area contributed by atoms with Gasteiger partial charge in [0.05, 0.1) is 6.10 Å². The van der Waals surface area contributed by atoms with Crippen molar-refractivity contribution in [1.29, 1.82) is 0 Å². The summed E-state index contributed by atoms with van der Waals surface area (Å²) in [6.07, 6.45) is -3.10. The van der Waals surface area contributed by atoms with Gasteiger partial charge in [0.1, 0.15) is 5.15 Å². The van der Waals surface area contributed by atoms with Crippen LogP contribution in [0, 0.1) is 6.43 Å². The molecule has 0 radical (unpaired) electrons. The molecule has 3 aromatic rings. The number of pyridine rings is 1. The summed E-state index contributed by atoms with van der Waals surface area (Å²) in [5.74, 6) is -0.211. The average Bonchev–Trinajstić information content (AvgIpc) is 3.15. The molecule has 1 aromatic carbocycles. The van der Waals surface area contributed by atoms with E-state index in [1.54, 1.807) is 24.3 Å². The molecular formula is C21H21CfClF2N5O3-. The molecule has 1 saturated heterocycles. The summed E-state index contributed by atoms with van der Waals surface area (Å²) in [7, 11) is 0. The Labute approximate surface area is 187 Å². The summed E-state index contributed by atoms with van der Waals surface area (Å²) >= 11 is 5.83. The van der Waals surface area contributed by atoms with Gasteiger partial charge in [0.2, 0.25) is 5.65 Å². The molecule has 0 aliphatic carbocycles. The van der Waals surface area contributed by atoms with Crippen molar-refractivity contribution in [3.8, 4) is 0 Å². The van der Waals surface area contributed by atoms with E-state index in [9.17, 15) is 13.6 Å². The van der Waals surface area contributed by atoms with E-state index in [0.717, 1.165) is 5.69 Å². The number of aromatic nitrogens is 2. The van der Waals surface area contributed by atoms with Crippen LogP contribution in [0.1, 0.15) is 17.3 Å². The summed E-state index contributed by atoms with van der Waals surface area (Å²) in [6.45, 7) is 3.17. The van der Waals surface area contributed by atoms with Gasteiger partial charge in [-0.2, -0.15) is 4.98 Å². The Bertz CT molecular complexity index is 1080. The molecule has 2 aromatic heterocycles. The van der Waals surface area contributed by atoms with Crippen molar-refractivity contribution in [3.63, 3.8) is 0 Å². The number of halogens is 3. The number of carbonyl (C=O) groups excluding carboxylic acids is 1.